The van der Waals surface area contributed by atoms with E-state index in [9.17, 15) is 14.7 Å². The molecule has 2 aromatic rings. The molecule has 0 bridgehead atoms. The molecule has 0 unspecified atom stereocenters. The number of hydrogen-bond acceptors (Lipinski definition) is 4. The van der Waals surface area contributed by atoms with Gasteiger partial charge in [0.1, 0.15) is 5.78 Å². The molecule has 0 radical (unpaired) electrons. The molecule has 28 heavy (non-hydrogen) atoms. The Hall–Kier alpha value is -2.53. The molecular weight excluding hydrogens is 352 g/mol. The highest BCUT2D eigenvalue weighted by molar-refractivity contribution is 5.94. The number of carbonyl (C=O) groups excluding carboxylic acids is 2. The number of ketones is 1. The van der Waals surface area contributed by atoms with Gasteiger partial charge in [-0.2, -0.15) is 0 Å². The Morgan fingerprint density at radius 3 is 2.75 bits per heavy atom. The van der Waals surface area contributed by atoms with E-state index in [1.807, 2.05) is 44.2 Å². The molecule has 0 spiro atoms. The van der Waals surface area contributed by atoms with Crippen molar-refractivity contribution < 1.29 is 14.7 Å². The minimum atomic E-state index is -0.0646. The van der Waals surface area contributed by atoms with Crippen LogP contribution >= 0.6 is 0 Å². The Morgan fingerprint density at radius 2 is 2.07 bits per heavy atom. The molecule has 148 valence electrons. The normalized spacial score (nSPS) is 17.0. The van der Waals surface area contributed by atoms with Crippen LogP contribution in [0.1, 0.15) is 49.0 Å². The summed E-state index contributed by atoms with van der Waals surface area (Å²) in [5, 5.41) is 9.28. The smallest absolute Gasteiger partial charge is 0.255 e. The van der Waals surface area contributed by atoms with E-state index in [0.717, 1.165) is 29.7 Å². The van der Waals surface area contributed by atoms with Crippen LogP contribution in [0.5, 0.6) is 0 Å². The maximum Gasteiger partial charge on any atom is 0.255 e. The van der Waals surface area contributed by atoms with E-state index in [1.54, 1.807) is 17.2 Å². The van der Waals surface area contributed by atoms with E-state index in [-0.39, 0.29) is 24.2 Å². The van der Waals surface area contributed by atoms with Gasteiger partial charge >= 0.3 is 0 Å². The average Bonchev–Trinajstić information content (AvgIpc) is 2.73. The number of amides is 1. The first-order valence-electron chi connectivity index (χ1n) is 9.96. The van der Waals surface area contributed by atoms with Crippen LogP contribution in [0.4, 0.5) is 0 Å². The summed E-state index contributed by atoms with van der Waals surface area (Å²) in [6.07, 6.45) is 3.91. The number of aliphatic hydroxyl groups is 1. The number of piperidine rings is 1. The molecule has 1 N–H and O–H groups in total. The van der Waals surface area contributed by atoms with Crippen molar-refractivity contribution >= 4 is 11.7 Å². The Balaban J connectivity index is 1.69. The van der Waals surface area contributed by atoms with Crippen LogP contribution in [0.2, 0.25) is 0 Å². The van der Waals surface area contributed by atoms with Gasteiger partial charge < -0.3 is 10.0 Å². The van der Waals surface area contributed by atoms with E-state index in [0.29, 0.717) is 31.0 Å². The van der Waals surface area contributed by atoms with Gasteiger partial charge in [0.15, 0.2) is 0 Å². The van der Waals surface area contributed by atoms with Gasteiger partial charge in [-0.15, -0.1) is 0 Å². The second kappa shape index (κ2) is 9.11. The molecule has 1 atom stereocenters. The number of pyridine rings is 1. The van der Waals surface area contributed by atoms with Crippen LogP contribution in [-0.4, -0.2) is 39.8 Å². The number of Topliss-reactive ketones (excluding diaryl/α,β-unsaturated/α-hetero) is 1. The molecule has 1 aliphatic rings. The summed E-state index contributed by atoms with van der Waals surface area (Å²) in [6, 6.07) is 11.2. The van der Waals surface area contributed by atoms with Gasteiger partial charge in [0.05, 0.1) is 17.9 Å². The fourth-order valence-electron chi connectivity index (χ4n) is 3.70. The fraction of sp³-hybridized carbons (Fsp3) is 0.435. The van der Waals surface area contributed by atoms with Crippen molar-refractivity contribution in [3.63, 3.8) is 0 Å². The minimum Gasteiger partial charge on any atom is -0.392 e. The molecule has 1 amide bonds. The van der Waals surface area contributed by atoms with Gasteiger partial charge in [-0.05, 0) is 42.5 Å². The average molecular weight is 380 g/mol. The number of carbonyl (C=O) groups is 2. The third-order valence-corrected chi connectivity index (χ3v) is 5.19. The predicted octanol–water partition coefficient (Wildman–Crippen LogP) is 3.71. The molecule has 5 nitrogen and oxygen atoms in total. The Kier molecular flexibility index (Phi) is 6.57. The minimum absolute atomic E-state index is 0.0178. The highest BCUT2D eigenvalue weighted by atomic mass is 16.3. The molecule has 1 aliphatic heterocycles. The topological polar surface area (TPSA) is 70.5 Å². The quantitative estimate of drug-likeness (QED) is 0.829. The number of nitrogens with zero attached hydrogens (tertiary/aromatic N) is 2. The molecule has 1 aromatic carbocycles. The van der Waals surface area contributed by atoms with Gasteiger partial charge in [0.25, 0.3) is 5.91 Å². The SMILES string of the molecule is CC(C)CC(=O)[C@@H]1CCCN(C(=O)c2ccc(-c3cccc(CO)c3)nc2)C1. The number of likely N-dealkylation sites (tertiary alicyclic amines) is 1. The van der Waals surface area contributed by atoms with Crippen molar-refractivity contribution in [2.45, 2.75) is 39.7 Å². The van der Waals surface area contributed by atoms with Crippen molar-refractivity contribution in [1.82, 2.24) is 9.88 Å². The third kappa shape index (κ3) is 4.84. The van der Waals surface area contributed by atoms with E-state index < -0.39 is 0 Å². The first-order chi connectivity index (χ1) is 13.5. The lowest BCUT2D eigenvalue weighted by Gasteiger charge is -2.32. The number of hydrogen-bond donors (Lipinski definition) is 1. The molecule has 1 saturated heterocycles. The van der Waals surface area contributed by atoms with E-state index in [2.05, 4.69) is 4.98 Å². The van der Waals surface area contributed by atoms with Crippen molar-refractivity contribution in [3.8, 4) is 11.3 Å². The zero-order valence-corrected chi connectivity index (χ0v) is 16.6. The van der Waals surface area contributed by atoms with Gasteiger partial charge in [-0.1, -0.05) is 32.0 Å². The van der Waals surface area contributed by atoms with Gasteiger partial charge in [0.2, 0.25) is 0 Å². The maximum absolute atomic E-state index is 12.9. The number of aliphatic hydroxyl groups excluding tert-OH is 1. The molecule has 1 aromatic heterocycles. The Labute approximate surface area is 166 Å². The fourth-order valence-corrected chi connectivity index (χ4v) is 3.70. The van der Waals surface area contributed by atoms with Crippen molar-refractivity contribution in [3.05, 3.63) is 53.7 Å². The van der Waals surface area contributed by atoms with Gasteiger partial charge in [-0.25, -0.2) is 0 Å². The van der Waals surface area contributed by atoms with Crippen LogP contribution in [0.25, 0.3) is 11.3 Å². The number of rotatable bonds is 6. The summed E-state index contributed by atoms with van der Waals surface area (Å²) in [5.74, 6) is 0.503. The lowest BCUT2D eigenvalue weighted by atomic mass is 9.89. The van der Waals surface area contributed by atoms with Crippen molar-refractivity contribution in [1.29, 1.82) is 0 Å². The first-order valence-corrected chi connectivity index (χ1v) is 9.96. The zero-order chi connectivity index (χ0) is 20.1. The summed E-state index contributed by atoms with van der Waals surface area (Å²) in [4.78, 5) is 31.5. The molecule has 1 fully saturated rings. The summed E-state index contributed by atoms with van der Waals surface area (Å²) < 4.78 is 0. The highest BCUT2D eigenvalue weighted by Gasteiger charge is 2.29. The molecule has 5 heteroatoms. The van der Waals surface area contributed by atoms with Crippen LogP contribution in [-0.2, 0) is 11.4 Å². The molecular formula is C23H28N2O3. The van der Waals surface area contributed by atoms with E-state index in [4.69, 9.17) is 0 Å². The summed E-state index contributed by atoms with van der Waals surface area (Å²) in [6.45, 7) is 5.27. The highest BCUT2D eigenvalue weighted by Crippen LogP contribution is 2.23. The summed E-state index contributed by atoms with van der Waals surface area (Å²) in [5.41, 5.74) is 3.03. The standard InChI is InChI=1S/C23H28N2O3/c1-16(2)11-22(27)20-7-4-10-25(14-20)23(28)19-8-9-21(24-13-19)18-6-3-5-17(12-18)15-26/h3,5-6,8-9,12-13,16,20,26H,4,7,10-11,14-15H2,1-2H3/t20-/m1/s1. The van der Waals surface area contributed by atoms with Crippen molar-refractivity contribution in [2.75, 3.05) is 13.1 Å². The van der Waals surface area contributed by atoms with Crippen molar-refractivity contribution in [2.24, 2.45) is 11.8 Å². The van der Waals surface area contributed by atoms with E-state index >= 15 is 0 Å². The van der Waals surface area contributed by atoms with Crippen LogP contribution in [0.3, 0.4) is 0 Å². The number of benzene rings is 1. The second-order valence-electron chi connectivity index (χ2n) is 7.95. The molecule has 2 heterocycles. The second-order valence-corrected chi connectivity index (χ2v) is 7.95. The molecule has 3 rings (SSSR count). The van der Waals surface area contributed by atoms with Gasteiger partial charge in [0, 0.05) is 37.2 Å². The zero-order valence-electron chi connectivity index (χ0n) is 16.6. The Morgan fingerprint density at radius 1 is 1.25 bits per heavy atom. The van der Waals surface area contributed by atoms with Crippen LogP contribution < -0.4 is 0 Å². The maximum atomic E-state index is 12.9. The predicted molar refractivity (Wildman–Crippen MR) is 109 cm³/mol. The largest absolute Gasteiger partial charge is 0.392 e. The lowest BCUT2D eigenvalue weighted by Crippen LogP contribution is -2.42. The Bertz CT molecular complexity index is 830. The summed E-state index contributed by atoms with van der Waals surface area (Å²) >= 11 is 0. The molecule has 0 aliphatic carbocycles. The first kappa shape index (κ1) is 20.2. The molecule has 0 saturated carbocycles. The lowest BCUT2D eigenvalue weighted by molar-refractivity contribution is -0.124. The monoisotopic (exact) mass is 380 g/mol. The van der Waals surface area contributed by atoms with Crippen LogP contribution in [0, 0.1) is 11.8 Å². The van der Waals surface area contributed by atoms with Crippen LogP contribution in [0.15, 0.2) is 42.6 Å². The van der Waals surface area contributed by atoms with E-state index in [1.165, 1.54) is 0 Å². The third-order valence-electron chi connectivity index (χ3n) is 5.19. The number of aromatic nitrogens is 1. The van der Waals surface area contributed by atoms with Gasteiger partial charge in [-0.3, -0.25) is 14.6 Å². The summed E-state index contributed by atoms with van der Waals surface area (Å²) in [7, 11) is 0.